The highest BCUT2D eigenvalue weighted by molar-refractivity contribution is 5.90. The first kappa shape index (κ1) is 21.6. The Bertz CT molecular complexity index is 374. The van der Waals surface area contributed by atoms with Gasteiger partial charge in [-0.3, -0.25) is 0 Å². The molecule has 0 rings (SSSR count). The third-order valence-corrected chi connectivity index (χ3v) is 3.91. The number of esters is 1. The van der Waals surface area contributed by atoms with Crippen molar-refractivity contribution in [3.8, 4) is 0 Å². The Morgan fingerprint density at radius 1 is 1.09 bits per heavy atom. The highest BCUT2D eigenvalue weighted by atomic mass is 16.5. The number of carboxylic acids is 1. The topological polar surface area (TPSA) is 72.8 Å². The van der Waals surface area contributed by atoms with Crippen LogP contribution in [0.4, 0.5) is 0 Å². The van der Waals surface area contributed by atoms with E-state index >= 15 is 0 Å². The van der Waals surface area contributed by atoms with Crippen LogP contribution in [0.15, 0.2) is 12.2 Å². The van der Waals surface area contributed by atoms with Crippen molar-refractivity contribution in [1.82, 2.24) is 0 Å². The molecule has 0 fully saturated rings. The summed E-state index contributed by atoms with van der Waals surface area (Å²) in [5.41, 5.74) is -0.324. The summed E-state index contributed by atoms with van der Waals surface area (Å²) in [6.07, 6.45) is 8.96. The Balaban J connectivity index is 3.93. The quantitative estimate of drug-likeness (QED) is 0.315. The Morgan fingerprint density at radius 2 is 1.70 bits per heavy atom. The van der Waals surface area contributed by atoms with Crippen LogP contribution in [0.2, 0.25) is 0 Å². The first-order valence-corrected chi connectivity index (χ1v) is 8.49. The first-order valence-electron chi connectivity index (χ1n) is 8.49. The van der Waals surface area contributed by atoms with E-state index in [9.17, 15) is 9.59 Å². The molecule has 0 heterocycles. The number of carbonyl (C=O) groups excluding carboxylic acids is 1. The van der Waals surface area contributed by atoms with E-state index in [1.54, 1.807) is 0 Å². The molecule has 0 aromatic rings. The van der Waals surface area contributed by atoms with Crippen LogP contribution in [0.1, 0.15) is 66.2 Å². The van der Waals surface area contributed by atoms with Crippen molar-refractivity contribution in [2.75, 3.05) is 13.2 Å². The van der Waals surface area contributed by atoms with Crippen LogP contribution in [-0.2, 0) is 19.1 Å². The summed E-state index contributed by atoms with van der Waals surface area (Å²) < 4.78 is 10.9. The van der Waals surface area contributed by atoms with Crippen LogP contribution in [-0.4, -0.2) is 36.4 Å². The zero-order valence-corrected chi connectivity index (χ0v) is 15.0. The normalized spacial score (nSPS) is 13.2. The van der Waals surface area contributed by atoms with Gasteiger partial charge in [-0.15, -0.1) is 0 Å². The average Bonchev–Trinajstić information content (AvgIpc) is 2.49. The molecule has 0 amide bonds. The number of carbonyl (C=O) groups is 2. The zero-order valence-electron chi connectivity index (χ0n) is 15.0. The van der Waals surface area contributed by atoms with Crippen LogP contribution >= 0.6 is 0 Å². The SMILES string of the molecule is CCCCCCCCOC(C)C(C)(C)COC(=O)/C=C\C(=O)O. The second kappa shape index (κ2) is 12.1. The van der Waals surface area contributed by atoms with Crippen LogP contribution in [0.3, 0.4) is 0 Å². The van der Waals surface area contributed by atoms with E-state index in [0.717, 1.165) is 18.6 Å². The van der Waals surface area contributed by atoms with Gasteiger partial charge >= 0.3 is 11.9 Å². The molecule has 5 nitrogen and oxygen atoms in total. The third-order valence-electron chi connectivity index (χ3n) is 3.91. The Morgan fingerprint density at radius 3 is 2.30 bits per heavy atom. The molecule has 1 atom stereocenters. The molecule has 0 spiro atoms. The Hall–Kier alpha value is -1.36. The number of rotatable bonds is 13. The van der Waals surface area contributed by atoms with Crippen LogP contribution in [0.25, 0.3) is 0 Å². The molecule has 0 aromatic carbocycles. The van der Waals surface area contributed by atoms with Gasteiger partial charge in [0.25, 0.3) is 0 Å². The first-order chi connectivity index (χ1) is 10.8. The maximum Gasteiger partial charge on any atom is 0.331 e. The van der Waals surface area contributed by atoms with E-state index < -0.39 is 11.9 Å². The lowest BCUT2D eigenvalue weighted by Gasteiger charge is -2.31. The summed E-state index contributed by atoms with van der Waals surface area (Å²) in [7, 11) is 0. The molecule has 0 aromatic heterocycles. The van der Waals surface area contributed by atoms with E-state index in [2.05, 4.69) is 6.92 Å². The number of carboxylic acid groups (broad SMARTS) is 1. The minimum Gasteiger partial charge on any atom is -0.478 e. The van der Waals surface area contributed by atoms with Crippen molar-refractivity contribution in [2.24, 2.45) is 5.41 Å². The van der Waals surface area contributed by atoms with Gasteiger partial charge < -0.3 is 14.6 Å². The standard InChI is InChI=1S/C18H32O5/c1-5-6-7-8-9-10-13-22-15(2)18(3,4)14-23-17(21)12-11-16(19)20/h11-12,15H,5-10,13-14H2,1-4H3,(H,19,20)/b12-11-. The lowest BCUT2D eigenvalue weighted by molar-refractivity contribution is -0.144. The smallest absolute Gasteiger partial charge is 0.331 e. The van der Waals surface area contributed by atoms with Gasteiger partial charge in [0.15, 0.2) is 0 Å². The molecule has 0 aliphatic rings. The molecule has 1 unspecified atom stereocenters. The monoisotopic (exact) mass is 328 g/mol. The third kappa shape index (κ3) is 11.8. The molecule has 0 aliphatic heterocycles. The van der Waals surface area contributed by atoms with Gasteiger partial charge in [0.1, 0.15) is 0 Å². The summed E-state index contributed by atoms with van der Waals surface area (Å²) >= 11 is 0. The number of unbranched alkanes of at least 4 members (excludes halogenated alkanes) is 5. The van der Waals surface area contributed by atoms with Crippen LogP contribution in [0, 0.1) is 5.41 Å². The molecule has 0 aliphatic carbocycles. The van der Waals surface area contributed by atoms with Crippen molar-refractivity contribution >= 4 is 11.9 Å². The van der Waals surface area contributed by atoms with Gasteiger partial charge in [-0.05, 0) is 13.3 Å². The lowest BCUT2D eigenvalue weighted by atomic mass is 9.88. The summed E-state index contributed by atoms with van der Waals surface area (Å²) in [4.78, 5) is 21.7. The van der Waals surface area contributed by atoms with Gasteiger partial charge in [-0.25, -0.2) is 9.59 Å². The van der Waals surface area contributed by atoms with Gasteiger partial charge in [0.2, 0.25) is 0 Å². The molecule has 0 bridgehead atoms. The minimum atomic E-state index is -1.17. The van der Waals surface area contributed by atoms with Crippen LogP contribution in [0.5, 0.6) is 0 Å². The molecule has 0 saturated heterocycles. The fraction of sp³-hybridized carbons (Fsp3) is 0.778. The number of ether oxygens (including phenoxy) is 2. The predicted molar refractivity (Wildman–Crippen MR) is 90.3 cm³/mol. The number of aliphatic carboxylic acids is 1. The molecular formula is C18H32O5. The van der Waals surface area contributed by atoms with Crippen molar-refractivity contribution in [3.63, 3.8) is 0 Å². The molecule has 5 heteroatoms. The fourth-order valence-electron chi connectivity index (χ4n) is 1.93. The molecule has 0 saturated carbocycles. The maximum absolute atomic E-state index is 11.4. The van der Waals surface area contributed by atoms with Gasteiger partial charge in [-0.2, -0.15) is 0 Å². The zero-order chi connectivity index (χ0) is 17.7. The average molecular weight is 328 g/mol. The van der Waals surface area contributed by atoms with E-state index in [0.29, 0.717) is 6.61 Å². The van der Waals surface area contributed by atoms with Gasteiger partial charge in [0.05, 0.1) is 12.7 Å². The van der Waals surface area contributed by atoms with Crippen molar-refractivity contribution in [2.45, 2.75) is 72.3 Å². The summed E-state index contributed by atoms with van der Waals surface area (Å²) in [6, 6.07) is 0. The summed E-state index contributed by atoms with van der Waals surface area (Å²) in [5.74, 6) is -1.82. The molecule has 134 valence electrons. The van der Waals surface area contributed by atoms with Crippen LogP contribution < -0.4 is 0 Å². The molecule has 23 heavy (non-hydrogen) atoms. The van der Waals surface area contributed by atoms with Crippen molar-refractivity contribution in [1.29, 1.82) is 0 Å². The van der Waals surface area contributed by atoms with Crippen molar-refractivity contribution < 1.29 is 24.2 Å². The Kier molecular flexibility index (Phi) is 11.4. The van der Waals surface area contributed by atoms with E-state index in [4.69, 9.17) is 14.6 Å². The van der Waals surface area contributed by atoms with Gasteiger partial charge in [-0.1, -0.05) is 52.9 Å². The maximum atomic E-state index is 11.4. The predicted octanol–water partition coefficient (Wildman–Crippen LogP) is 3.96. The Labute approximate surface area is 140 Å². The number of hydrogen-bond donors (Lipinski definition) is 1. The second-order valence-electron chi connectivity index (χ2n) is 6.55. The largest absolute Gasteiger partial charge is 0.478 e. The highest BCUT2D eigenvalue weighted by Crippen LogP contribution is 2.24. The summed E-state index contributed by atoms with van der Waals surface area (Å²) in [6.45, 7) is 9.01. The van der Waals surface area contributed by atoms with Gasteiger partial charge in [0, 0.05) is 24.2 Å². The lowest BCUT2D eigenvalue weighted by Crippen LogP contribution is -2.35. The number of hydrogen-bond acceptors (Lipinski definition) is 4. The summed E-state index contributed by atoms with van der Waals surface area (Å²) in [5, 5.41) is 8.45. The molecule has 1 N–H and O–H groups in total. The van der Waals surface area contributed by atoms with E-state index in [1.165, 1.54) is 32.1 Å². The fourth-order valence-corrected chi connectivity index (χ4v) is 1.93. The molecule has 0 radical (unpaired) electrons. The molecular weight excluding hydrogens is 296 g/mol. The second-order valence-corrected chi connectivity index (χ2v) is 6.55. The van der Waals surface area contributed by atoms with Crippen molar-refractivity contribution in [3.05, 3.63) is 12.2 Å². The minimum absolute atomic E-state index is 0.0469. The van der Waals surface area contributed by atoms with E-state index in [-0.39, 0.29) is 18.1 Å². The van der Waals surface area contributed by atoms with E-state index in [1.807, 2.05) is 20.8 Å². The highest BCUT2D eigenvalue weighted by Gasteiger charge is 2.28.